The van der Waals surface area contributed by atoms with Gasteiger partial charge in [0.2, 0.25) is 0 Å². The number of alkyl halides is 1. The number of rotatable bonds is 4. The second-order valence-corrected chi connectivity index (χ2v) is 8.54. The predicted molar refractivity (Wildman–Crippen MR) is 88.7 cm³/mol. The maximum atomic E-state index is 6.25. The molecule has 1 aliphatic carbocycles. The summed E-state index contributed by atoms with van der Waals surface area (Å²) < 4.78 is 0. The Morgan fingerprint density at radius 2 is 2.05 bits per heavy atom. The van der Waals surface area contributed by atoms with Gasteiger partial charge in [-0.2, -0.15) is 0 Å². The van der Waals surface area contributed by atoms with Gasteiger partial charge in [-0.3, -0.25) is 0 Å². The molecule has 114 valence electrons. The van der Waals surface area contributed by atoms with Crippen molar-refractivity contribution in [2.24, 2.45) is 5.92 Å². The molecule has 1 fully saturated rings. The Kier molecular flexibility index (Phi) is 5.14. The van der Waals surface area contributed by atoms with Gasteiger partial charge in [0.05, 0.1) is 5.69 Å². The highest BCUT2D eigenvalue weighted by Crippen LogP contribution is 2.33. The van der Waals surface area contributed by atoms with Crippen molar-refractivity contribution in [2.75, 3.05) is 5.88 Å². The largest absolute Gasteiger partial charge is 0.304 e. The summed E-state index contributed by atoms with van der Waals surface area (Å²) in [5.74, 6) is 1.55. The number of nitrogens with zero attached hydrogens (tertiary/aromatic N) is 1. The molecule has 0 saturated heterocycles. The van der Waals surface area contributed by atoms with E-state index in [0.29, 0.717) is 5.88 Å². The van der Waals surface area contributed by atoms with Crippen LogP contribution in [0.25, 0.3) is 0 Å². The molecule has 1 aromatic rings. The third-order valence-corrected chi connectivity index (χ3v) is 5.78. The molecular formula is C16H27ClN2S. The smallest absolute Gasteiger partial charge is 0.107 e. The van der Waals surface area contributed by atoms with Crippen LogP contribution in [0.2, 0.25) is 0 Å². The van der Waals surface area contributed by atoms with E-state index in [0.717, 1.165) is 12.5 Å². The van der Waals surface area contributed by atoms with Crippen LogP contribution in [0.15, 0.2) is 5.38 Å². The zero-order chi connectivity index (χ0) is 14.8. The van der Waals surface area contributed by atoms with E-state index in [1.807, 2.05) is 0 Å². The standard InChI is InChI=1S/C16H27ClN2S/c1-12-5-7-16(11-17,8-6-12)18-9-14-19-13(10-20-14)15(2,3)4/h10,12,18H,5-9,11H2,1-4H3. The molecule has 0 radical (unpaired) electrons. The van der Waals surface area contributed by atoms with Crippen LogP contribution in [-0.4, -0.2) is 16.4 Å². The second-order valence-electron chi connectivity index (χ2n) is 7.33. The fraction of sp³-hybridized carbons (Fsp3) is 0.812. The first-order valence-electron chi connectivity index (χ1n) is 7.60. The third-order valence-electron chi connectivity index (χ3n) is 4.42. The quantitative estimate of drug-likeness (QED) is 0.813. The maximum Gasteiger partial charge on any atom is 0.107 e. The van der Waals surface area contributed by atoms with Gasteiger partial charge >= 0.3 is 0 Å². The SMILES string of the molecule is CC1CCC(CCl)(NCc2nc(C(C)(C)C)cs2)CC1. The molecule has 4 heteroatoms. The van der Waals surface area contributed by atoms with Crippen molar-refractivity contribution in [2.45, 2.75) is 70.9 Å². The number of nitrogens with one attached hydrogen (secondary N) is 1. The van der Waals surface area contributed by atoms with Crippen molar-refractivity contribution in [3.63, 3.8) is 0 Å². The molecule has 0 amide bonds. The van der Waals surface area contributed by atoms with Crippen LogP contribution in [0.4, 0.5) is 0 Å². The number of aromatic nitrogens is 1. The number of hydrogen-bond donors (Lipinski definition) is 1. The Morgan fingerprint density at radius 3 is 2.55 bits per heavy atom. The second kappa shape index (κ2) is 6.33. The molecule has 0 spiro atoms. The Morgan fingerprint density at radius 1 is 1.40 bits per heavy atom. The van der Waals surface area contributed by atoms with Gasteiger partial charge in [0.1, 0.15) is 5.01 Å². The summed E-state index contributed by atoms with van der Waals surface area (Å²) >= 11 is 8.01. The first kappa shape index (κ1) is 16.3. The molecule has 0 unspecified atom stereocenters. The van der Waals surface area contributed by atoms with Gasteiger partial charge < -0.3 is 5.32 Å². The lowest BCUT2D eigenvalue weighted by molar-refractivity contribution is 0.216. The van der Waals surface area contributed by atoms with Crippen molar-refractivity contribution < 1.29 is 0 Å². The minimum absolute atomic E-state index is 0.127. The van der Waals surface area contributed by atoms with Gasteiger partial charge in [0.15, 0.2) is 0 Å². The zero-order valence-corrected chi connectivity index (χ0v) is 14.7. The van der Waals surface area contributed by atoms with Crippen LogP contribution >= 0.6 is 22.9 Å². The lowest BCUT2D eigenvalue weighted by Crippen LogP contribution is -2.49. The molecular weight excluding hydrogens is 288 g/mol. The highest BCUT2D eigenvalue weighted by Gasteiger charge is 2.33. The lowest BCUT2D eigenvalue weighted by Gasteiger charge is -2.38. The third kappa shape index (κ3) is 3.96. The molecule has 2 rings (SSSR count). The van der Waals surface area contributed by atoms with E-state index in [2.05, 4.69) is 38.4 Å². The van der Waals surface area contributed by atoms with Crippen molar-refractivity contribution in [3.05, 3.63) is 16.1 Å². The zero-order valence-electron chi connectivity index (χ0n) is 13.1. The van der Waals surface area contributed by atoms with Crippen LogP contribution in [0.5, 0.6) is 0 Å². The molecule has 0 aromatic carbocycles. The van der Waals surface area contributed by atoms with Crippen LogP contribution in [0.1, 0.15) is 64.1 Å². The van der Waals surface area contributed by atoms with Crippen molar-refractivity contribution in [1.82, 2.24) is 10.3 Å². The van der Waals surface area contributed by atoms with Crippen LogP contribution < -0.4 is 5.32 Å². The van der Waals surface area contributed by atoms with E-state index in [1.54, 1.807) is 11.3 Å². The summed E-state index contributed by atoms with van der Waals surface area (Å²) in [6, 6.07) is 0. The Balaban J connectivity index is 1.95. The minimum Gasteiger partial charge on any atom is -0.304 e. The minimum atomic E-state index is 0.127. The first-order chi connectivity index (χ1) is 9.35. The molecule has 0 aliphatic heterocycles. The molecule has 0 bridgehead atoms. The summed E-state index contributed by atoms with van der Waals surface area (Å²) in [7, 11) is 0. The van der Waals surface area contributed by atoms with Crippen LogP contribution in [0, 0.1) is 5.92 Å². The summed E-state index contributed by atoms with van der Waals surface area (Å²) in [6.07, 6.45) is 4.94. The topological polar surface area (TPSA) is 24.9 Å². The lowest BCUT2D eigenvalue weighted by atomic mass is 9.78. The van der Waals surface area contributed by atoms with E-state index in [9.17, 15) is 0 Å². The highest BCUT2D eigenvalue weighted by molar-refractivity contribution is 7.09. The Labute approximate surface area is 132 Å². The molecule has 1 heterocycles. The normalized spacial score (nSPS) is 27.8. The maximum absolute atomic E-state index is 6.25. The number of hydrogen-bond acceptors (Lipinski definition) is 3. The fourth-order valence-corrected chi connectivity index (χ4v) is 3.99. The molecule has 1 saturated carbocycles. The highest BCUT2D eigenvalue weighted by atomic mass is 35.5. The molecule has 1 aliphatic rings. The van der Waals surface area contributed by atoms with Crippen LogP contribution in [-0.2, 0) is 12.0 Å². The predicted octanol–water partition coefficient (Wildman–Crippen LogP) is 4.72. The van der Waals surface area contributed by atoms with Gasteiger partial charge in [-0.1, -0.05) is 27.7 Å². The average Bonchev–Trinajstić information content (AvgIpc) is 2.88. The number of halogens is 1. The molecule has 1 aromatic heterocycles. The molecule has 0 atom stereocenters. The monoisotopic (exact) mass is 314 g/mol. The van der Waals surface area contributed by atoms with Gasteiger partial charge in [0.25, 0.3) is 0 Å². The summed E-state index contributed by atoms with van der Waals surface area (Å²) in [5, 5.41) is 7.07. The van der Waals surface area contributed by atoms with Gasteiger partial charge in [-0.15, -0.1) is 22.9 Å². The summed E-state index contributed by atoms with van der Waals surface area (Å²) in [5.41, 5.74) is 1.46. The first-order valence-corrected chi connectivity index (χ1v) is 9.02. The number of thiazole rings is 1. The van der Waals surface area contributed by atoms with Crippen LogP contribution in [0.3, 0.4) is 0 Å². The van der Waals surface area contributed by atoms with E-state index >= 15 is 0 Å². The fourth-order valence-electron chi connectivity index (χ4n) is 2.67. The van der Waals surface area contributed by atoms with E-state index in [-0.39, 0.29) is 11.0 Å². The average molecular weight is 315 g/mol. The van der Waals surface area contributed by atoms with Gasteiger partial charge in [0, 0.05) is 28.8 Å². The van der Waals surface area contributed by atoms with E-state index in [1.165, 1.54) is 36.4 Å². The summed E-state index contributed by atoms with van der Waals surface area (Å²) in [4.78, 5) is 4.76. The van der Waals surface area contributed by atoms with Crippen molar-refractivity contribution in [1.29, 1.82) is 0 Å². The molecule has 20 heavy (non-hydrogen) atoms. The van der Waals surface area contributed by atoms with E-state index in [4.69, 9.17) is 16.6 Å². The van der Waals surface area contributed by atoms with Crippen molar-refractivity contribution >= 4 is 22.9 Å². The Hall–Kier alpha value is -0.120. The molecule has 2 nitrogen and oxygen atoms in total. The summed E-state index contributed by atoms with van der Waals surface area (Å²) in [6.45, 7) is 9.82. The van der Waals surface area contributed by atoms with Gasteiger partial charge in [-0.05, 0) is 31.6 Å². The molecule has 1 N–H and O–H groups in total. The van der Waals surface area contributed by atoms with Gasteiger partial charge in [-0.25, -0.2) is 4.98 Å². The Bertz CT molecular complexity index is 428. The van der Waals surface area contributed by atoms with E-state index < -0.39 is 0 Å². The van der Waals surface area contributed by atoms with Crippen molar-refractivity contribution in [3.8, 4) is 0 Å².